The van der Waals surface area contributed by atoms with E-state index in [1.54, 1.807) is 22.9 Å². The van der Waals surface area contributed by atoms with Gasteiger partial charge in [-0.2, -0.15) is 0 Å². The third kappa shape index (κ3) is 14.6. The Balaban J connectivity index is 0.000000438. The lowest BCUT2D eigenvalue weighted by molar-refractivity contribution is -0.123. The van der Waals surface area contributed by atoms with E-state index in [2.05, 4.69) is 42.2 Å². The maximum atomic E-state index is 9.94. The second-order valence-corrected chi connectivity index (χ2v) is 6.39. The van der Waals surface area contributed by atoms with Crippen LogP contribution in [0.25, 0.3) is 12.2 Å². The SMILES string of the molecule is C(=Cc1ccccc1)c1ccccc1.CC(=O)N(N)I.NC(=O)CI. The molecule has 0 aliphatic carbocycles. The van der Waals surface area contributed by atoms with Gasteiger partial charge >= 0.3 is 0 Å². The molecule has 2 rings (SSSR count). The third-order valence-corrected chi connectivity index (χ3v) is 3.93. The van der Waals surface area contributed by atoms with Crippen molar-refractivity contribution in [2.24, 2.45) is 11.6 Å². The smallest absolute Gasteiger partial charge is 0.242 e. The minimum atomic E-state index is -0.259. The average Bonchev–Trinajstić information content (AvgIpc) is 2.62. The molecule has 0 aliphatic heterocycles. The number of nitrogens with zero attached hydrogens (tertiary/aromatic N) is 1. The van der Waals surface area contributed by atoms with Gasteiger partial charge in [0.05, 0.1) is 27.3 Å². The maximum absolute atomic E-state index is 9.94. The van der Waals surface area contributed by atoms with Crippen molar-refractivity contribution in [3.8, 4) is 0 Å². The fourth-order valence-electron chi connectivity index (χ4n) is 1.32. The molecule has 2 aromatic rings. The van der Waals surface area contributed by atoms with E-state index in [0.29, 0.717) is 4.43 Å². The molecule has 134 valence electrons. The topological polar surface area (TPSA) is 89.4 Å². The van der Waals surface area contributed by atoms with E-state index >= 15 is 0 Å². The van der Waals surface area contributed by atoms with E-state index in [-0.39, 0.29) is 11.8 Å². The Morgan fingerprint density at radius 3 is 1.44 bits per heavy atom. The number of alkyl halides is 1. The predicted molar refractivity (Wildman–Crippen MR) is 121 cm³/mol. The molecule has 0 heterocycles. The highest BCUT2D eigenvalue weighted by molar-refractivity contribution is 14.1. The Hall–Kier alpha value is -1.46. The van der Waals surface area contributed by atoms with Crippen molar-refractivity contribution in [3.63, 3.8) is 0 Å². The Morgan fingerprint density at radius 2 is 1.24 bits per heavy atom. The van der Waals surface area contributed by atoms with Gasteiger partial charge in [-0.15, -0.1) is 0 Å². The van der Waals surface area contributed by atoms with Crippen molar-refractivity contribution in [2.45, 2.75) is 6.92 Å². The second-order valence-electron chi connectivity index (χ2n) is 4.58. The summed E-state index contributed by atoms with van der Waals surface area (Å²) in [6.45, 7) is 1.40. The first-order valence-electron chi connectivity index (χ1n) is 7.20. The molecule has 0 radical (unpaired) electrons. The van der Waals surface area contributed by atoms with Gasteiger partial charge in [-0.1, -0.05) is 95.4 Å². The number of amides is 2. The molecule has 0 fully saturated rings. The molecule has 0 saturated heterocycles. The molecule has 0 atom stereocenters. The van der Waals surface area contributed by atoms with Crippen LogP contribution in [0.4, 0.5) is 0 Å². The van der Waals surface area contributed by atoms with Crippen molar-refractivity contribution in [3.05, 3.63) is 71.8 Å². The van der Waals surface area contributed by atoms with Crippen LogP contribution in [0.1, 0.15) is 18.1 Å². The summed E-state index contributed by atoms with van der Waals surface area (Å²) in [5.41, 5.74) is 7.11. The molecule has 0 aliphatic rings. The molecule has 0 aromatic heterocycles. The standard InChI is InChI=1S/C14H12.C2H5IN2O.C2H4INO/c1-3-7-13(8-4-1)11-12-14-9-5-2-6-10-14;1-2(6)5(3)4;3-1-2(4)5/h1-12H;4H2,1H3;1H2,(H2,4,5). The molecule has 4 N–H and O–H groups in total. The normalized spacial score (nSPS) is 9.28. The largest absolute Gasteiger partial charge is 0.369 e. The number of benzene rings is 2. The number of rotatable bonds is 3. The molecule has 0 bridgehead atoms. The number of hydrogen-bond donors (Lipinski definition) is 2. The fourth-order valence-corrected chi connectivity index (χ4v) is 1.32. The van der Waals surface area contributed by atoms with E-state index < -0.39 is 0 Å². The second kappa shape index (κ2) is 14.8. The summed E-state index contributed by atoms with van der Waals surface area (Å²) in [6.07, 6.45) is 4.24. The fraction of sp³-hybridized carbons (Fsp3) is 0.111. The molecular formula is C18H21I2N3O2. The van der Waals surface area contributed by atoms with E-state index in [1.165, 1.54) is 18.1 Å². The minimum absolute atomic E-state index is 0.143. The number of halogens is 2. The van der Waals surface area contributed by atoms with E-state index in [4.69, 9.17) is 5.84 Å². The van der Waals surface area contributed by atoms with E-state index in [0.717, 1.165) is 3.22 Å². The zero-order valence-electron chi connectivity index (χ0n) is 13.8. The first kappa shape index (κ1) is 23.5. The molecule has 0 spiro atoms. The molecule has 25 heavy (non-hydrogen) atoms. The molecular weight excluding hydrogens is 544 g/mol. The number of hydrogen-bond acceptors (Lipinski definition) is 3. The van der Waals surface area contributed by atoms with Crippen LogP contribution in [-0.2, 0) is 9.59 Å². The monoisotopic (exact) mass is 565 g/mol. The van der Waals surface area contributed by atoms with Crippen LogP contribution in [0.5, 0.6) is 0 Å². The first-order valence-corrected chi connectivity index (χ1v) is 9.69. The highest BCUT2D eigenvalue weighted by Gasteiger charge is 1.91. The first-order chi connectivity index (χ1) is 11.9. The van der Waals surface area contributed by atoms with Gasteiger partial charge < -0.3 is 5.73 Å². The number of nitrogens with two attached hydrogens (primary N) is 2. The van der Waals surface area contributed by atoms with Crippen LogP contribution >= 0.6 is 45.5 Å². The maximum Gasteiger partial charge on any atom is 0.242 e. The molecule has 0 saturated carbocycles. The van der Waals surface area contributed by atoms with E-state index in [1.807, 2.05) is 59.0 Å². The van der Waals surface area contributed by atoms with Crippen molar-refractivity contribution in [2.75, 3.05) is 4.43 Å². The van der Waals surface area contributed by atoms with Crippen molar-refractivity contribution in [1.29, 1.82) is 0 Å². The molecule has 5 nitrogen and oxygen atoms in total. The number of primary amides is 1. The Bertz CT molecular complexity index is 606. The lowest BCUT2D eigenvalue weighted by Gasteiger charge is -1.98. The van der Waals surface area contributed by atoms with Crippen LogP contribution in [-0.4, -0.2) is 19.5 Å². The van der Waals surface area contributed by atoms with Crippen molar-refractivity contribution >= 4 is 69.4 Å². The summed E-state index contributed by atoms with van der Waals surface area (Å²) >= 11 is 3.60. The van der Waals surface area contributed by atoms with Crippen LogP contribution in [0, 0.1) is 0 Å². The minimum Gasteiger partial charge on any atom is -0.369 e. The lowest BCUT2D eigenvalue weighted by atomic mass is 10.1. The summed E-state index contributed by atoms with van der Waals surface area (Å²) in [5.74, 6) is 4.50. The highest BCUT2D eigenvalue weighted by Crippen LogP contribution is 2.06. The Kier molecular flexibility index (Phi) is 14.0. The quantitative estimate of drug-likeness (QED) is 0.113. The van der Waals surface area contributed by atoms with E-state index in [9.17, 15) is 9.59 Å². The zero-order valence-corrected chi connectivity index (χ0v) is 18.1. The van der Waals surface area contributed by atoms with Gasteiger partial charge in [0.2, 0.25) is 11.8 Å². The van der Waals surface area contributed by atoms with Gasteiger partial charge in [-0.3, -0.25) is 9.59 Å². The van der Waals surface area contributed by atoms with Gasteiger partial charge in [0, 0.05) is 6.92 Å². The molecule has 7 heteroatoms. The van der Waals surface area contributed by atoms with Gasteiger partial charge in [-0.25, -0.2) is 9.06 Å². The average molecular weight is 565 g/mol. The van der Waals surface area contributed by atoms with Gasteiger partial charge in [0.25, 0.3) is 0 Å². The summed E-state index contributed by atoms with van der Waals surface area (Å²) in [6, 6.07) is 20.6. The van der Waals surface area contributed by atoms with Gasteiger partial charge in [0.1, 0.15) is 0 Å². The third-order valence-electron chi connectivity index (χ3n) is 2.50. The summed E-state index contributed by atoms with van der Waals surface area (Å²) in [4.78, 5) is 19.5. The van der Waals surface area contributed by atoms with Gasteiger partial charge in [0.15, 0.2) is 0 Å². The van der Waals surface area contributed by atoms with Crippen molar-refractivity contribution < 1.29 is 9.59 Å². The van der Waals surface area contributed by atoms with Crippen LogP contribution < -0.4 is 11.6 Å². The number of carbonyl (C=O) groups is 2. The summed E-state index contributed by atoms with van der Waals surface area (Å²) in [7, 11) is 0. The van der Waals surface area contributed by atoms with Crippen LogP contribution in [0.15, 0.2) is 60.7 Å². The highest BCUT2D eigenvalue weighted by atomic mass is 127. The number of carbonyl (C=O) groups excluding carboxylic acids is 2. The van der Waals surface area contributed by atoms with Crippen LogP contribution in [0.3, 0.4) is 0 Å². The predicted octanol–water partition coefficient (Wildman–Crippen LogP) is 3.82. The molecule has 2 aromatic carbocycles. The molecule has 0 unspecified atom stereocenters. The summed E-state index contributed by atoms with van der Waals surface area (Å²) < 4.78 is 1.41. The Morgan fingerprint density at radius 1 is 0.960 bits per heavy atom. The summed E-state index contributed by atoms with van der Waals surface area (Å²) in [5, 5.41) is 0. The zero-order chi connectivity index (χ0) is 19.1. The molecule has 2 amide bonds. The Labute approximate surface area is 176 Å². The number of hydrazine groups is 1. The van der Waals surface area contributed by atoms with Crippen molar-refractivity contribution in [1.82, 2.24) is 3.22 Å². The van der Waals surface area contributed by atoms with Gasteiger partial charge in [-0.05, 0) is 11.1 Å². The lowest BCUT2D eigenvalue weighted by Crippen LogP contribution is -2.23. The van der Waals surface area contributed by atoms with Crippen LogP contribution in [0.2, 0.25) is 0 Å².